The van der Waals surface area contributed by atoms with Crippen LogP contribution in [-0.2, 0) is 11.2 Å². The smallest absolute Gasteiger partial charge is 0.223 e. The molecule has 25 heavy (non-hydrogen) atoms. The highest BCUT2D eigenvalue weighted by Crippen LogP contribution is 2.36. The van der Waals surface area contributed by atoms with Crippen molar-refractivity contribution in [2.45, 2.75) is 38.2 Å². The van der Waals surface area contributed by atoms with Crippen LogP contribution in [0.15, 0.2) is 24.3 Å². The number of hydrogen-bond acceptors (Lipinski definition) is 4. The lowest BCUT2D eigenvalue weighted by atomic mass is 9.72. The van der Waals surface area contributed by atoms with E-state index >= 15 is 0 Å². The molecule has 2 aliphatic rings. The Bertz CT molecular complexity index is 722. The molecule has 0 bridgehead atoms. The van der Waals surface area contributed by atoms with E-state index in [2.05, 4.69) is 15.3 Å². The zero-order valence-electron chi connectivity index (χ0n) is 14.5. The highest BCUT2D eigenvalue weighted by Gasteiger charge is 2.43. The number of nitrogens with one attached hydrogen (secondary N) is 2. The molecule has 1 spiro atoms. The number of rotatable bonds is 3. The van der Waals surface area contributed by atoms with Crippen molar-refractivity contribution in [1.29, 1.82) is 0 Å². The molecule has 2 aliphatic heterocycles. The van der Waals surface area contributed by atoms with Crippen molar-refractivity contribution in [2.24, 2.45) is 5.41 Å². The van der Waals surface area contributed by atoms with Crippen molar-refractivity contribution in [2.75, 3.05) is 26.2 Å². The summed E-state index contributed by atoms with van der Waals surface area (Å²) in [7, 11) is 0. The van der Waals surface area contributed by atoms with Crippen LogP contribution in [0.3, 0.4) is 0 Å². The molecule has 2 fully saturated rings. The molecule has 3 heterocycles. The maximum atomic E-state index is 12.7. The second-order valence-electron chi connectivity index (χ2n) is 7.46. The molecule has 6 heteroatoms. The molecule has 0 aliphatic carbocycles. The van der Waals surface area contributed by atoms with Crippen LogP contribution in [0, 0.1) is 5.41 Å². The van der Waals surface area contributed by atoms with Gasteiger partial charge in [-0.25, -0.2) is 4.98 Å². The summed E-state index contributed by atoms with van der Waals surface area (Å²) in [5, 5.41) is 13.9. The second kappa shape index (κ2) is 6.77. The highest BCUT2D eigenvalue weighted by molar-refractivity contribution is 5.77. The molecular weight excluding hydrogens is 316 g/mol. The largest absolute Gasteiger partial charge is 0.392 e. The average molecular weight is 342 g/mol. The summed E-state index contributed by atoms with van der Waals surface area (Å²) >= 11 is 0. The van der Waals surface area contributed by atoms with E-state index in [-0.39, 0.29) is 17.4 Å². The maximum absolute atomic E-state index is 12.7. The highest BCUT2D eigenvalue weighted by atomic mass is 16.3. The van der Waals surface area contributed by atoms with Gasteiger partial charge in [-0.3, -0.25) is 4.79 Å². The van der Waals surface area contributed by atoms with Gasteiger partial charge in [0.15, 0.2) is 0 Å². The van der Waals surface area contributed by atoms with Gasteiger partial charge in [0.25, 0.3) is 0 Å². The van der Waals surface area contributed by atoms with Gasteiger partial charge in [0, 0.05) is 37.9 Å². The molecule has 6 nitrogen and oxygen atoms in total. The first-order valence-electron chi connectivity index (χ1n) is 9.26. The number of H-pyrrole nitrogens is 1. The average Bonchev–Trinajstić information content (AvgIpc) is 3.05. The van der Waals surface area contributed by atoms with Crippen LogP contribution in [0.5, 0.6) is 0 Å². The summed E-state index contributed by atoms with van der Waals surface area (Å²) in [4.78, 5) is 22.5. The summed E-state index contributed by atoms with van der Waals surface area (Å²) in [5.41, 5.74) is 1.79. The van der Waals surface area contributed by atoms with Crippen molar-refractivity contribution in [3.05, 3.63) is 30.1 Å². The fourth-order valence-corrected chi connectivity index (χ4v) is 4.30. The minimum atomic E-state index is -0.306. The van der Waals surface area contributed by atoms with Gasteiger partial charge in [-0.05, 0) is 37.9 Å². The number of likely N-dealkylation sites (tertiary alicyclic amines) is 1. The number of aromatic nitrogens is 2. The lowest BCUT2D eigenvalue weighted by Crippen LogP contribution is -2.58. The summed E-state index contributed by atoms with van der Waals surface area (Å²) in [5.74, 6) is 1.03. The van der Waals surface area contributed by atoms with E-state index in [1.807, 2.05) is 29.2 Å². The lowest BCUT2D eigenvalue weighted by molar-refractivity contribution is -0.138. The first kappa shape index (κ1) is 16.5. The van der Waals surface area contributed by atoms with Crippen LogP contribution >= 0.6 is 0 Å². The third kappa shape index (κ3) is 3.28. The number of fused-ring (bicyclic) bond motifs is 1. The van der Waals surface area contributed by atoms with Crippen LogP contribution in [0.4, 0.5) is 0 Å². The van der Waals surface area contributed by atoms with Gasteiger partial charge in [-0.15, -0.1) is 0 Å². The number of aryl methyl sites for hydroxylation is 1. The molecule has 0 saturated carbocycles. The van der Waals surface area contributed by atoms with Crippen LogP contribution < -0.4 is 5.32 Å². The first-order chi connectivity index (χ1) is 12.2. The van der Waals surface area contributed by atoms with E-state index in [4.69, 9.17) is 0 Å². The van der Waals surface area contributed by atoms with E-state index in [1.54, 1.807) is 0 Å². The Morgan fingerprint density at radius 2 is 2.28 bits per heavy atom. The third-order valence-electron chi connectivity index (χ3n) is 5.75. The normalized spacial score (nSPS) is 27.1. The molecule has 1 aromatic heterocycles. The van der Waals surface area contributed by atoms with Crippen LogP contribution in [0.25, 0.3) is 11.0 Å². The maximum Gasteiger partial charge on any atom is 0.223 e. The van der Waals surface area contributed by atoms with E-state index in [9.17, 15) is 9.90 Å². The minimum Gasteiger partial charge on any atom is -0.392 e. The molecular formula is C19H26N4O2. The summed E-state index contributed by atoms with van der Waals surface area (Å²) in [6.07, 6.45) is 3.52. The zero-order chi connectivity index (χ0) is 17.3. The number of aliphatic hydroxyl groups is 1. The first-order valence-corrected chi connectivity index (χ1v) is 9.26. The standard InChI is InChI=1S/C19H26N4O2/c24-16-8-10-20-12-19(16)9-3-11-23(13-19)18(25)7-6-17-21-14-4-1-2-5-15(14)22-17/h1-2,4-5,16,20,24H,3,6-13H2,(H,21,22)/t16-,19-/m0/s1. The quantitative estimate of drug-likeness (QED) is 0.789. The van der Waals surface area contributed by atoms with E-state index in [0.717, 1.165) is 55.8 Å². The van der Waals surface area contributed by atoms with Gasteiger partial charge in [0.1, 0.15) is 5.82 Å². The number of nitrogens with zero attached hydrogens (tertiary/aromatic N) is 2. The second-order valence-corrected chi connectivity index (χ2v) is 7.46. The fraction of sp³-hybridized carbons (Fsp3) is 0.579. The van der Waals surface area contributed by atoms with Crippen LogP contribution in [-0.4, -0.2) is 58.2 Å². The number of aliphatic hydroxyl groups excluding tert-OH is 1. The van der Waals surface area contributed by atoms with Gasteiger partial charge in [0.2, 0.25) is 5.91 Å². The van der Waals surface area contributed by atoms with Crippen LogP contribution in [0.2, 0.25) is 0 Å². The van der Waals surface area contributed by atoms with Crippen molar-refractivity contribution in [3.8, 4) is 0 Å². The minimum absolute atomic E-state index is 0.161. The zero-order valence-corrected chi connectivity index (χ0v) is 14.5. The molecule has 2 atom stereocenters. The molecule has 3 N–H and O–H groups in total. The number of carbonyl (C=O) groups is 1. The predicted molar refractivity (Wildman–Crippen MR) is 96.2 cm³/mol. The molecule has 0 unspecified atom stereocenters. The monoisotopic (exact) mass is 342 g/mol. The lowest BCUT2D eigenvalue weighted by Gasteiger charge is -2.48. The van der Waals surface area contributed by atoms with Crippen molar-refractivity contribution in [1.82, 2.24) is 20.2 Å². The Morgan fingerprint density at radius 1 is 1.40 bits per heavy atom. The summed E-state index contributed by atoms with van der Waals surface area (Å²) < 4.78 is 0. The molecule has 134 valence electrons. The van der Waals surface area contributed by atoms with Gasteiger partial charge in [-0.2, -0.15) is 0 Å². The Hall–Kier alpha value is -1.92. The van der Waals surface area contributed by atoms with Gasteiger partial charge < -0.3 is 20.3 Å². The van der Waals surface area contributed by atoms with Gasteiger partial charge in [-0.1, -0.05) is 12.1 Å². The Kier molecular flexibility index (Phi) is 4.48. The molecule has 0 radical (unpaired) electrons. The van der Waals surface area contributed by atoms with Gasteiger partial charge in [0.05, 0.1) is 17.1 Å². The number of amides is 1. The molecule has 1 aromatic carbocycles. The predicted octanol–water partition coefficient (Wildman–Crippen LogP) is 1.46. The summed E-state index contributed by atoms with van der Waals surface area (Å²) in [6, 6.07) is 7.92. The molecule has 4 rings (SSSR count). The van der Waals surface area contributed by atoms with Crippen LogP contribution in [0.1, 0.15) is 31.5 Å². The summed E-state index contributed by atoms with van der Waals surface area (Å²) in [6.45, 7) is 3.14. The van der Waals surface area contributed by atoms with Crippen molar-refractivity contribution in [3.63, 3.8) is 0 Å². The number of carbonyl (C=O) groups excluding carboxylic acids is 1. The Morgan fingerprint density at radius 3 is 3.12 bits per heavy atom. The number of aromatic amines is 1. The number of para-hydroxylation sites is 2. The number of hydrogen-bond donors (Lipinski definition) is 3. The topological polar surface area (TPSA) is 81.2 Å². The molecule has 2 aromatic rings. The molecule has 2 saturated heterocycles. The van der Waals surface area contributed by atoms with E-state index in [1.165, 1.54) is 0 Å². The number of imidazole rings is 1. The number of piperidine rings is 2. The number of benzene rings is 1. The molecule has 1 amide bonds. The van der Waals surface area contributed by atoms with E-state index in [0.29, 0.717) is 19.4 Å². The Labute approximate surface area is 147 Å². The SMILES string of the molecule is O=C(CCc1nc2ccccc2[nH]1)N1CCC[C@]2(CNCC[C@@H]2O)C1. The van der Waals surface area contributed by atoms with Crippen molar-refractivity contribution >= 4 is 16.9 Å². The van der Waals surface area contributed by atoms with Gasteiger partial charge >= 0.3 is 0 Å². The third-order valence-corrected chi connectivity index (χ3v) is 5.75. The van der Waals surface area contributed by atoms with E-state index < -0.39 is 0 Å². The fourth-order valence-electron chi connectivity index (χ4n) is 4.30. The van der Waals surface area contributed by atoms with Crippen molar-refractivity contribution < 1.29 is 9.90 Å². The Balaban J connectivity index is 1.38.